The van der Waals surface area contributed by atoms with E-state index in [1.54, 1.807) is 11.1 Å². The number of carbonyl (C=O) groups is 2. The lowest BCUT2D eigenvalue weighted by Crippen LogP contribution is -2.57. The fraction of sp³-hybridized carbons (Fsp3) is 0.484. The first-order chi connectivity index (χ1) is 19.9. The van der Waals surface area contributed by atoms with E-state index in [-0.39, 0.29) is 38.0 Å². The van der Waals surface area contributed by atoms with Crippen LogP contribution in [0.25, 0.3) is 10.9 Å². The Morgan fingerprint density at radius 2 is 1.55 bits per heavy atom. The van der Waals surface area contributed by atoms with Crippen LogP contribution < -0.4 is 0 Å². The van der Waals surface area contributed by atoms with Crippen molar-refractivity contribution in [3.63, 3.8) is 0 Å². The summed E-state index contributed by atoms with van der Waals surface area (Å²) in [4.78, 5) is 33.0. The lowest BCUT2D eigenvalue weighted by Gasteiger charge is -2.42. The molecular formula is C31H33F6N3O2. The minimum absolute atomic E-state index is 0.00137. The van der Waals surface area contributed by atoms with Crippen molar-refractivity contribution in [3.05, 3.63) is 70.9 Å². The molecule has 1 N–H and O–H groups in total. The molecule has 11 heteroatoms. The Hall–Kier alpha value is -3.50. The van der Waals surface area contributed by atoms with Crippen LogP contribution in [0.2, 0.25) is 0 Å². The third-order valence-electron chi connectivity index (χ3n) is 8.55. The molecule has 1 unspecified atom stereocenters. The van der Waals surface area contributed by atoms with Gasteiger partial charge in [0.05, 0.1) is 17.2 Å². The molecule has 0 spiro atoms. The fourth-order valence-corrected chi connectivity index (χ4v) is 6.28. The van der Waals surface area contributed by atoms with E-state index >= 15 is 0 Å². The summed E-state index contributed by atoms with van der Waals surface area (Å²) in [6.07, 6.45) is -1.16. The number of carbonyl (C=O) groups excluding carboxylic acids is 2. The topological polar surface area (TPSA) is 56.4 Å². The molecule has 1 aliphatic heterocycles. The van der Waals surface area contributed by atoms with Crippen LogP contribution in [0.1, 0.15) is 72.0 Å². The number of aromatic nitrogens is 1. The zero-order chi connectivity index (χ0) is 30.1. The highest BCUT2D eigenvalue weighted by molar-refractivity contribution is 5.95. The Morgan fingerprint density at radius 3 is 2.21 bits per heavy atom. The minimum atomic E-state index is -5.07. The minimum Gasteiger partial charge on any atom is -0.361 e. The summed E-state index contributed by atoms with van der Waals surface area (Å²) in [5, 5.41) is 0.893. The molecular weight excluding hydrogens is 560 g/mol. The number of nitrogens with zero attached hydrogens (tertiary/aromatic N) is 2. The SMILES string of the molecule is O=C(CCC1CCCCC1)N1CCN(C(=O)c2cc(C(F)(F)F)cc(C(F)(F)F)c2)C(Cc2c[nH]c3ccccc23)C1. The molecule has 3 aromatic rings. The Labute approximate surface area is 239 Å². The van der Waals surface area contributed by atoms with Crippen LogP contribution in [-0.2, 0) is 23.6 Å². The van der Waals surface area contributed by atoms with Gasteiger partial charge in [-0.3, -0.25) is 9.59 Å². The van der Waals surface area contributed by atoms with E-state index in [0.717, 1.165) is 48.6 Å². The number of nitrogens with one attached hydrogen (secondary N) is 1. The summed E-state index contributed by atoms with van der Waals surface area (Å²) >= 11 is 0. The van der Waals surface area contributed by atoms with Gasteiger partial charge in [-0.15, -0.1) is 0 Å². The van der Waals surface area contributed by atoms with Gasteiger partial charge in [-0.2, -0.15) is 26.3 Å². The molecule has 2 aliphatic rings. The predicted molar refractivity (Wildman–Crippen MR) is 146 cm³/mol. The first-order valence-electron chi connectivity index (χ1n) is 14.3. The summed E-state index contributed by atoms with van der Waals surface area (Å²) in [6, 6.07) is 7.81. The van der Waals surface area contributed by atoms with Gasteiger partial charge in [-0.25, -0.2) is 0 Å². The summed E-state index contributed by atoms with van der Waals surface area (Å²) < 4.78 is 81.2. The smallest absolute Gasteiger partial charge is 0.361 e. The molecule has 1 saturated heterocycles. The highest BCUT2D eigenvalue weighted by Gasteiger charge is 2.39. The number of halogens is 6. The van der Waals surface area contributed by atoms with Crippen LogP contribution in [0.4, 0.5) is 26.3 Å². The molecule has 2 amide bonds. The van der Waals surface area contributed by atoms with Crippen molar-refractivity contribution < 1.29 is 35.9 Å². The van der Waals surface area contributed by atoms with Crippen LogP contribution >= 0.6 is 0 Å². The third-order valence-corrected chi connectivity index (χ3v) is 8.55. The fourth-order valence-electron chi connectivity index (χ4n) is 6.28. The van der Waals surface area contributed by atoms with Gasteiger partial charge >= 0.3 is 12.4 Å². The molecule has 5 nitrogen and oxygen atoms in total. The second kappa shape index (κ2) is 12.0. The number of H-pyrrole nitrogens is 1. The standard InChI is InChI=1S/C31H33F6N3O2/c32-30(33,34)23-14-21(15-24(17-23)31(35,36)37)29(42)40-13-12-39(28(41)11-10-20-6-2-1-3-7-20)19-25(40)16-22-18-38-27-9-5-4-8-26(22)27/h4-5,8-9,14-15,17-18,20,25,38H,1-3,6-7,10-13,16,19H2. The van der Waals surface area contributed by atoms with Crippen molar-refractivity contribution in [2.45, 2.75) is 69.8 Å². The van der Waals surface area contributed by atoms with E-state index < -0.39 is 41.0 Å². The molecule has 1 aromatic heterocycles. The number of amides is 2. The quantitative estimate of drug-likeness (QED) is 0.302. The van der Waals surface area contributed by atoms with E-state index in [4.69, 9.17) is 0 Å². The zero-order valence-electron chi connectivity index (χ0n) is 23.0. The van der Waals surface area contributed by atoms with Gasteiger partial charge in [0, 0.05) is 48.7 Å². The zero-order valence-corrected chi connectivity index (χ0v) is 23.0. The van der Waals surface area contributed by atoms with E-state index in [9.17, 15) is 35.9 Å². The Balaban J connectivity index is 1.42. The summed E-state index contributed by atoms with van der Waals surface area (Å²) in [5.74, 6) is -0.461. The number of fused-ring (bicyclic) bond motifs is 1. The lowest BCUT2D eigenvalue weighted by molar-refractivity contribution is -0.143. The normalized spacial score (nSPS) is 19.0. The maximum absolute atomic E-state index is 13.6. The molecule has 0 bridgehead atoms. The van der Waals surface area contributed by atoms with E-state index in [0.29, 0.717) is 24.5 Å². The van der Waals surface area contributed by atoms with Gasteiger partial charge in [0.2, 0.25) is 5.91 Å². The number of rotatable bonds is 6. The van der Waals surface area contributed by atoms with Gasteiger partial charge in [-0.05, 0) is 48.6 Å². The van der Waals surface area contributed by atoms with E-state index in [1.165, 1.54) is 11.3 Å². The van der Waals surface area contributed by atoms with Crippen molar-refractivity contribution in [1.29, 1.82) is 0 Å². The highest BCUT2D eigenvalue weighted by Crippen LogP contribution is 2.37. The van der Waals surface area contributed by atoms with Crippen LogP contribution in [0.15, 0.2) is 48.7 Å². The van der Waals surface area contributed by atoms with E-state index in [2.05, 4.69) is 4.98 Å². The number of hydrogen-bond acceptors (Lipinski definition) is 2. The summed E-state index contributed by atoms with van der Waals surface area (Å²) in [7, 11) is 0. The van der Waals surface area contributed by atoms with Gasteiger partial charge in [0.15, 0.2) is 0 Å². The number of benzene rings is 2. The molecule has 5 rings (SSSR count). The van der Waals surface area contributed by atoms with Crippen molar-refractivity contribution in [1.82, 2.24) is 14.8 Å². The predicted octanol–water partition coefficient (Wildman–Crippen LogP) is 7.46. The van der Waals surface area contributed by atoms with E-state index in [1.807, 2.05) is 24.3 Å². The van der Waals surface area contributed by atoms with Crippen LogP contribution in [-0.4, -0.2) is 52.3 Å². The van der Waals surface area contributed by atoms with Crippen LogP contribution in [0.5, 0.6) is 0 Å². The van der Waals surface area contributed by atoms with Crippen LogP contribution in [0, 0.1) is 5.92 Å². The largest absolute Gasteiger partial charge is 0.416 e. The van der Waals surface area contributed by atoms with Crippen molar-refractivity contribution in [2.75, 3.05) is 19.6 Å². The summed E-state index contributed by atoms with van der Waals surface area (Å²) in [6.45, 7) is 0.295. The maximum atomic E-state index is 13.6. The molecule has 2 aromatic carbocycles. The number of aromatic amines is 1. The Bertz CT molecular complexity index is 1390. The Kier molecular flexibility index (Phi) is 8.57. The first kappa shape index (κ1) is 30.0. The number of hydrogen-bond donors (Lipinski definition) is 1. The lowest BCUT2D eigenvalue weighted by atomic mass is 9.86. The maximum Gasteiger partial charge on any atom is 0.416 e. The average Bonchev–Trinajstić information content (AvgIpc) is 3.37. The molecule has 1 saturated carbocycles. The second-order valence-electron chi connectivity index (χ2n) is 11.4. The van der Waals surface area contributed by atoms with Gasteiger partial charge in [-0.1, -0.05) is 50.3 Å². The Morgan fingerprint density at radius 1 is 0.881 bits per heavy atom. The third kappa shape index (κ3) is 6.76. The number of para-hydroxylation sites is 1. The molecule has 2 fully saturated rings. The number of piperazine rings is 1. The molecule has 42 heavy (non-hydrogen) atoms. The second-order valence-corrected chi connectivity index (χ2v) is 11.4. The molecule has 2 heterocycles. The molecule has 1 aliphatic carbocycles. The average molecular weight is 594 g/mol. The van der Waals surface area contributed by atoms with Gasteiger partial charge in [0.1, 0.15) is 0 Å². The van der Waals surface area contributed by atoms with Gasteiger partial charge in [0.25, 0.3) is 5.91 Å². The molecule has 226 valence electrons. The monoisotopic (exact) mass is 593 g/mol. The van der Waals surface area contributed by atoms with Crippen LogP contribution in [0.3, 0.4) is 0 Å². The molecule has 0 radical (unpaired) electrons. The van der Waals surface area contributed by atoms with Gasteiger partial charge < -0.3 is 14.8 Å². The first-order valence-corrected chi connectivity index (χ1v) is 14.3. The van der Waals surface area contributed by atoms with Crippen molar-refractivity contribution in [3.8, 4) is 0 Å². The summed E-state index contributed by atoms with van der Waals surface area (Å²) in [5.41, 5.74) is -2.06. The van der Waals surface area contributed by atoms with Crippen molar-refractivity contribution in [2.24, 2.45) is 5.92 Å². The van der Waals surface area contributed by atoms with Crippen molar-refractivity contribution >= 4 is 22.7 Å². The molecule has 1 atom stereocenters. The number of alkyl halides is 6. The highest BCUT2D eigenvalue weighted by atomic mass is 19.4.